The highest BCUT2D eigenvalue weighted by Crippen LogP contribution is 2.36. The van der Waals surface area contributed by atoms with Crippen molar-refractivity contribution in [2.75, 3.05) is 5.32 Å². The Labute approximate surface area is 211 Å². The number of anilines is 1. The third-order valence-electron chi connectivity index (χ3n) is 4.87. The molecule has 36 heavy (non-hydrogen) atoms. The third-order valence-corrected chi connectivity index (χ3v) is 6.38. The maximum atomic E-state index is 13.1. The normalized spacial score (nSPS) is 12.1. The number of amides is 2. The fourth-order valence-electron chi connectivity index (χ4n) is 3.10. The number of alkyl halides is 3. The second-order valence-corrected chi connectivity index (χ2v) is 8.90. The lowest BCUT2D eigenvalue weighted by molar-refractivity contribution is -0.137. The molecule has 0 radical (unpaired) electrons. The summed E-state index contributed by atoms with van der Waals surface area (Å²) in [6.07, 6.45) is 1.12. The molecule has 0 aliphatic rings. The van der Waals surface area contributed by atoms with Crippen molar-refractivity contribution in [2.45, 2.75) is 19.1 Å². The van der Waals surface area contributed by atoms with Gasteiger partial charge in [0.1, 0.15) is 21.9 Å². The standard InChI is InChI=1S/C23H16ClF3N6O2S/c1-12(32-20(34)18-9-17(30-11-31-18)13-4-6-28-7-5-13)22-29-10-19(36-22)21(35)33-14-2-3-16(24)15(8-14)23(25,26)27/h2-12H,1H3,(H,32,34)(H,33,35)/t12-/m1/s1. The second-order valence-electron chi connectivity index (χ2n) is 7.43. The molecule has 1 atom stereocenters. The third kappa shape index (κ3) is 5.83. The Hall–Kier alpha value is -3.90. The number of nitrogens with one attached hydrogen (secondary N) is 2. The summed E-state index contributed by atoms with van der Waals surface area (Å²) in [5, 5.41) is 5.11. The highest BCUT2D eigenvalue weighted by Gasteiger charge is 2.33. The molecular formula is C23H16ClF3N6O2S. The summed E-state index contributed by atoms with van der Waals surface area (Å²) < 4.78 is 39.2. The summed E-state index contributed by atoms with van der Waals surface area (Å²) in [4.78, 5) is 41.7. The fourth-order valence-corrected chi connectivity index (χ4v) is 4.14. The van der Waals surface area contributed by atoms with Crippen molar-refractivity contribution in [3.63, 3.8) is 0 Å². The van der Waals surface area contributed by atoms with E-state index in [1.807, 2.05) is 0 Å². The van der Waals surface area contributed by atoms with E-state index >= 15 is 0 Å². The molecule has 1 aromatic carbocycles. The zero-order valence-electron chi connectivity index (χ0n) is 18.4. The predicted molar refractivity (Wildman–Crippen MR) is 128 cm³/mol. The highest BCUT2D eigenvalue weighted by molar-refractivity contribution is 7.13. The molecule has 13 heteroatoms. The molecule has 0 saturated heterocycles. The van der Waals surface area contributed by atoms with Crippen LogP contribution in [0, 0.1) is 0 Å². The van der Waals surface area contributed by atoms with Gasteiger partial charge in [0.2, 0.25) is 0 Å². The average molecular weight is 533 g/mol. The molecule has 4 aromatic rings. The molecule has 3 heterocycles. The topological polar surface area (TPSA) is 110 Å². The van der Waals surface area contributed by atoms with Crippen LogP contribution in [0.3, 0.4) is 0 Å². The van der Waals surface area contributed by atoms with Gasteiger partial charge in [0, 0.05) is 23.6 Å². The van der Waals surface area contributed by atoms with Crippen molar-refractivity contribution in [1.29, 1.82) is 0 Å². The molecule has 0 aliphatic heterocycles. The summed E-state index contributed by atoms with van der Waals surface area (Å²) in [5.41, 5.74) is 0.339. The summed E-state index contributed by atoms with van der Waals surface area (Å²) in [7, 11) is 0. The molecular weight excluding hydrogens is 517 g/mol. The van der Waals surface area contributed by atoms with Crippen molar-refractivity contribution in [3.05, 3.63) is 87.5 Å². The maximum absolute atomic E-state index is 13.1. The van der Waals surface area contributed by atoms with Gasteiger partial charge in [-0.2, -0.15) is 13.2 Å². The Balaban J connectivity index is 1.43. The lowest BCUT2D eigenvalue weighted by Gasteiger charge is -2.12. The maximum Gasteiger partial charge on any atom is 0.417 e. The first-order valence-electron chi connectivity index (χ1n) is 10.3. The molecule has 0 bridgehead atoms. The van der Waals surface area contributed by atoms with Gasteiger partial charge in [-0.05, 0) is 43.3 Å². The van der Waals surface area contributed by atoms with Crippen LogP contribution >= 0.6 is 22.9 Å². The highest BCUT2D eigenvalue weighted by atomic mass is 35.5. The number of carbonyl (C=O) groups excluding carboxylic acids is 2. The van der Waals surface area contributed by atoms with E-state index in [9.17, 15) is 22.8 Å². The molecule has 0 aliphatic carbocycles. The molecule has 0 saturated carbocycles. The number of aromatic nitrogens is 4. The van der Waals surface area contributed by atoms with Crippen LogP contribution < -0.4 is 10.6 Å². The molecule has 0 fully saturated rings. The Bertz CT molecular complexity index is 1410. The van der Waals surface area contributed by atoms with E-state index in [2.05, 4.69) is 30.6 Å². The number of halogens is 4. The first kappa shape index (κ1) is 25.2. The first-order valence-corrected chi connectivity index (χ1v) is 11.5. The van der Waals surface area contributed by atoms with Gasteiger partial charge in [-0.25, -0.2) is 15.0 Å². The van der Waals surface area contributed by atoms with E-state index in [0.29, 0.717) is 10.7 Å². The van der Waals surface area contributed by atoms with Gasteiger partial charge < -0.3 is 10.6 Å². The zero-order chi connectivity index (χ0) is 25.9. The van der Waals surface area contributed by atoms with E-state index in [1.54, 1.807) is 37.5 Å². The number of nitrogens with zero attached hydrogens (tertiary/aromatic N) is 4. The van der Waals surface area contributed by atoms with Gasteiger partial charge >= 0.3 is 6.18 Å². The number of hydrogen-bond acceptors (Lipinski definition) is 7. The minimum Gasteiger partial charge on any atom is -0.342 e. The average Bonchev–Trinajstić information content (AvgIpc) is 3.36. The van der Waals surface area contributed by atoms with Crippen LogP contribution in [0.4, 0.5) is 18.9 Å². The predicted octanol–water partition coefficient (Wildman–Crippen LogP) is 5.41. The van der Waals surface area contributed by atoms with Crippen molar-refractivity contribution in [3.8, 4) is 11.3 Å². The van der Waals surface area contributed by atoms with Gasteiger partial charge in [0.15, 0.2) is 0 Å². The zero-order valence-corrected chi connectivity index (χ0v) is 19.9. The van der Waals surface area contributed by atoms with Gasteiger partial charge in [-0.15, -0.1) is 11.3 Å². The van der Waals surface area contributed by atoms with E-state index < -0.39 is 34.6 Å². The molecule has 0 unspecified atom stereocenters. The number of pyridine rings is 1. The van der Waals surface area contributed by atoms with Crippen LogP contribution in [0.25, 0.3) is 11.3 Å². The lowest BCUT2D eigenvalue weighted by Crippen LogP contribution is -2.27. The Morgan fingerprint density at radius 1 is 1.03 bits per heavy atom. The van der Waals surface area contributed by atoms with Gasteiger partial charge in [0.25, 0.3) is 11.8 Å². The van der Waals surface area contributed by atoms with E-state index in [0.717, 1.165) is 29.0 Å². The Kier molecular flexibility index (Phi) is 7.27. The number of benzene rings is 1. The van der Waals surface area contributed by atoms with E-state index in [4.69, 9.17) is 11.6 Å². The number of hydrogen-bond donors (Lipinski definition) is 2. The van der Waals surface area contributed by atoms with Crippen molar-refractivity contribution in [2.24, 2.45) is 0 Å². The molecule has 3 aromatic heterocycles. The fraction of sp³-hybridized carbons (Fsp3) is 0.130. The number of thiazole rings is 1. The summed E-state index contributed by atoms with van der Waals surface area (Å²) in [5.74, 6) is -1.12. The van der Waals surface area contributed by atoms with Crippen LogP contribution in [0.1, 0.15) is 43.7 Å². The van der Waals surface area contributed by atoms with Crippen molar-refractivity contribution >= 4 is 40.4 Å². The van der Waals surface area contributed by atoms with E-state index in [-0.39, 0.29) is 16.3 Å². The molecule has 0 spiro atoms. The summed E-state index contributed by atoms with van der Waals surface area (Å²) in [6.45, 7) is 1.68. The number of rotatable bonds is 6. The Morgan fingerprint density at radius 2 is 1.78 bits per heavy atom. The minimum atomic E-state index is -4.66. The number of carbonyl (C=O) groups is 2. The molecule has 8 nitrogen and oxygen atoms in total. The van der Waals surface area contributed by atoms with Gasteiger partial charge in [-0.3, -0.25) is 14.6 Å². The smallest absolute Gasteiger partial charge is 0.342 e. The molecule has 2 N–H and O–H groups in total. The van der Waals surface area contributed by atoms with Crippen LogP contribution in [-0.2, 0) is 6.18 Å². The second kappa shape index (κ2) is 10.4. The van der Waals surface area contributed by atoms with Crippen LogP contribution in [0.2, 0.25) is 5.02 Å². The molecule has 184 valence electrons. The Morgan fingerprint density at radius 3 is 2.50 bits per heavy atom. The van der Waals surface area contributed by atoms with Gasteiger partial charge in [-0.1, -0.05) is 11.6 Å². The molecule has 2 amide bonds. The summed E-state index contributed by atoms with van der Waals surface area (Å²) in [6, 6.07) is 7.55. The molecule has 4 rings (SSSR count). The van der Waals surface area contributed by atoms with Crippen LogP contribution in [0.5, 0.6) is 0 Å². The van der Waals surface area contributed by atoms with Crippen molar-refractivity contribution < 1.29 is 22.8 Å². The quantitative estimate of drug-likeness (QED) is 0.343. The van der Waals surface area contributed by atoms with Crippen LogP contribution in [-0.4, -0.2) is 31.8 Å². The van der Waals surface area contributed by atoms with Gasteiger partial charge in [0.05, 0.1) is 28.5 Å². The van der Waals surface area contributed by atoms with Crippen molar-refractivity contribution in [1.82, 2.24) is 25.3 Å². The monoisotopic (exact) mass is 532 g/mol. The minimum absolute atomic E-state index is 0.0678. The van der Waals surface area contributed by atoms with Crippen LogP contribution in [0.15, 0.2) is 61.3 Å². The SMILES string of the molecule is C[C@@H](NC(=O)c1cc(-c2ccncc2)ncn1)c1ncc(C(=O)Nc2ccc(Cl)c(C(F)(F)F)c2)s1. The summed E-state index contributed by atoms with van der Waals surface area (Å²) >= 11 is 6.61. The first-order chi connectivity index (χ1) is 17.1. The largest absolute Gasteiger partial charge is 0.417 e. The van der Waals surface area contributed by atoms with E-state index in [1.165, 1.54) is 18.6 Å². The lowest BCUT2D eigenvalue weighted by atomic mass is 10.1.